The molecule has 0 aromatic rings. The van der Waals surface area contributed by atoms with E-state index < -0.39 is 0 Å². The third-order valence-corrected chi connectivity index (χ3v) is 6.33. The van der Waals surface area contributed by atoms with Crippen molar-refractivity contribution in [3.8, 4) is 0 Å². The Morgan fingerprint density at radius 2 is 2.06 bits per heavy atom. The van der Waals surface area contributed by atoms with Gasteiger partial charge >= 0.3 is 0 Å². The predicted octanol–water partition coefficient (Wildman–Crippen LogP) is 2.63. The molecule has 17 heavy (non-hydrogen) atoms. The van der Waals surface area contributed by atoms with Crippen LogP contribution in [0.3, 0.4) is 0 Å². The van der Waals surface area contributed by atoms with Gasteiger partial charge in [-0.05, 0) is 56.5 Å². The Bertz CT molecular complexity index is 299. The highest BCUT2D eigenvalue weighted by Gasteiger charge is 2.40. The van der Waals surface area contributed by atoms with Crippen LogP contribution < -0.4 is 0 Å². The fourth-order valence-corrected chi connectivity index (χ4v) is 5.40. The first kappa shape index (κ1) is 12.0. The van der Waals surface area contributed by atoms with Crippen molar-refractivity contribution < 1.29 is 4.79 Å². The summed E-state index contributed by atoms with van der Waals surface area (Å²) in [6.45, 7) is 6.15. The van der Waals surface area contributed by atoms with Crippen molar-refractivity contribution in [3.05, 3.63) is 0 Å². The third kappa shape index (κ3) is 2.28. The first-order valence-corrected chi connectivity index (χ1v) is 8.15. The van der Waals surface area contributed by atoms with E-state index in [-0.39, 0.29) is 0 Å². The lowest BCUT2D eigenvalue weighted by molar-refractivity contribution is -0.115. The first-order chi connectivity index (χ1) is 8.28. The number of thioether (sulfide) groups is 1. The van der Waals surface area contributed by atoms with E-state index in [1.54, 1.807) is 11.8 Å². The van der Waals surface area contributed by atoms with Gasteiger partial charge in [-0.15, -0.1) is 0 Å². The highest BCUT2D eigenvalue weighted by Crippen LogP contribution is 2.42. The lowest BCUT2D eigenvalue weighted by atomic mass is 9.73. The first-order valence-electron chi connectivity index (χ1n) is 7.17. The molecule has 3 unspecified atom stereocenters. The quantitative estimate of drug-likeness (QED) is 0.771. The van der Waals surface area contributed by atoms with E-state index in [4.69, 9.17) is 0 Å². The van der Waals surface area contributed by atoms with Gasteiger partial charge in [0.1, 0.15) is 0 Å². The number of rotatable bonds is 3. The van der Waals surface area contributed by atoms with Crippen LogP contribution in [-0.2, 0) is 4.79 Å². The van der Waals surface area contributed by atoms with Crippen LogP contribution in [0.25, 0.3) is 0 Å². The Balaban J connectivity index is 1.61. The Morgan fingerprint density at radius 3 is 2.65 bits per heavy atom. The van der Waals surface area contributed by atoms with Crippen molar-refractivity contribution in [2.24, 2.45) is 23.7 Å². The summed E-state index contributed by atoms with van der Waals surface area (Å²) < 4.78 is 0. The van der Waals surface area contributed by atoms with Crippen LogP contribution in [0.1, 0.15) is 32.6 Å². The molecule has 0 radical (unpaired) electrons. The van der Waals surface area contributed by atoms with Gasteiger partial charge in [0.25, 0.3) is 0 Å². The molecule has 4 aliphatic rings. The normalized spacial score (nSPS) is 45.5. The standard InChI is InChI=1S/C14H23NOS/c1-2-13-12(9-17-14(13)16)7-11-8-15-5-3-10(11)4-6-15/h10-13H,2-9H2,1H3. The summed E-state index contributed by atoms with van der Waals surface area (Å²) in [6.07, 6.45) is 5.19. The number of carbonyl (C=O) groups excluding carboxylic acids is 1. The molecule has 4 heterocycles. The molecule has 0 amide bonds. The second-order valence-electron chi connectivity index (χ2n) is 6.04. The molecular weight excluding hydrogens is 230 g/mol. The van der Waals surface area contributed by atoms with Gasteiger partial charge in [-0.2, -0.15) is 0 Å². The zero-order chi connectivity index (χ0) is 11.8. The number of hydrogen-bond acceptors (Lipinski definition) is 3. The van der Waals surface area contributed by atoms with Crippen LogP contribution >= 0.6 is 11.8 Å². The summed E-state index contributed by atoms with van der Waals surface area (Å²) in [7, 11) is 0. The molecule has 0 spiro atoms. The van der Waals surface area contributed by atoms with E-state index in [9.17, 15) is 4.79 Å². The summed E-state index contributed by atoms with van der Waals surface area (Å²) in [5.41, 5.74) is 0. The summed E-state index contributed by atoms with van der Waals surface area (Å²) >= 11 is 1.59. The van der Waals surface area contributed by atoms with Crippen LogP contribution in [0.5, 0.6) is 0 Å². The lowest BCUT2D eigenvalue weighted by Gasteiger charge is -2.46. The van der Waals surface area contributed by atoms with Gasteiger partial charge in [0.15, 0.2) is 5.12 Å². The van der Waals surface area contributed by atoms with E-state index in [0.29, 0.717) is 17.0 Å². The average Bonchev–Trinajstić information content (AvgIpc) is 2.71. The van der Waals surface area contributed by atoms with Crippen LogP contribution in [0.2, 0.25) is 0 Å². The van der Waals surface area contributed by atoms with Crippen LogP contribution in [-0.4, -0.2) is 35.4 Å². The van der Waals surface area contributed by atoms with Crippen LogP contribution in [0, 0.1) is 23.7 Å². The highest BCUT2D eigenvalue weighted by atomic mass is 32.2. The summed E-state index contributed by atoms with van der Waals surface area (Å²) in [4.78, 5) is 14.4. The Morgan fingerprint density at radius 1 is 1.29 bits per heavy atom. The van der Waals surface area contributed by atoms with Crippen molar-refractivity contribution in [3.63, 3.8) is 0 Å². The molecule has 0 aromatic heterocycles. The van der Waals surface area contributed by atoms with Gasteiger partial charge in [-0.25, -0.2) is 0 Å². The lowest BCUT2D eigenvalue weighted by Crippen LogP contribution is -2.48. The summed E-state index contributed by atoms with van der Waals surface area (Å²) in [5, 5.41) is 0.471. The topological polar surface area (TPSA) is 20.3 Å². The number of nitrogens with zero attached hydrogens (tertiary/aromatic N) is 1. The van der Waals surface area contributed by atoms with E-state index in [1.807, 2.05) is 0 Å². The maximum Gasteiger partial charge on any atom is 0.192 e. The molecule has 96 valence electrons. The van der Waals surface area contributed by atoms with E-state index >= 15 is 0 Å². The Kier molecular flexibility index (Phi) is 3.49. The second-order valence-corrected chi connectivity index (χ2v) is 7.06. The Hall–Kier alpha value is -0.0200. The van der Waals surface area contributed by atoms with Crippen molar-refractivity contribution in [2.75, 3.05) is 25.4 Å². The molecule has 2 nitrogen and oxygen atoms in total. The SMILES string of the molecule is CCC1C(=O)SCC1CC1CN2CCC1CC2. The fourth-order valence-electron chi connectivity index (χ4n) is 4.08. The largest absolute Gasteiger partial charge is 0.303 e. The maximum absolute atomic E-state index is 11.8. The molecule has 4 rings (SSSR count). The molecule has 4 fully saturated rings. The number of carbonyl (C=O) groups is 1. The number of piperidine rings is 3. The molecule has 0 N–H and O–H groups in total. The number of hydrogen-bond donors (Lipinski definition) is 0. The third-order valence-electron chi connectivity index (χ3n) is 5.15. The Labute approximate surface area is 109 Å². The smallest absolute Gasteiger partial charge is 0.192 e. The van der Waals surface area contributed by atoms with Crippen molar-refractivity contribution in [2.45, 2.75) is 32.6 Å². The monoisotopic (exact) mass is 253 g/mol. The van der Waals surface area contributed by atoms with Crippen LogP contribution in [0.4, 0.5) is 0 Å². The summed E-state index contributed by atoms with van der Waals surface area (Å²) in [5.74, 6) is 4.01. The molecule has 3 heteroatoms. The van der Waals surface area contributed by atoms with Gasteiger partial charge < -0.3 is 4.90 Å². The van der Waals surface area contributed by atoms with Crippen molar-refractivity contribution in [1.29, 1.82) is 0 Å². The molecular formula is C14H23NOS. The molecule has 0 aliphatic carbocycles. The molecule has 0 aromatic carbocycles. The minimum absolute atomic E-state index is 0.371. The zero-order valence-corrected chi connectivity index (χ0v) is 11.5. The van der Waals surface area contributed by atoms with Crippen LogP contribution in [0.15, 0.2) is 0 Å². The van der Waals surface area contributed by atoms with Gasteiger partial charge in [0.2, 0.25) is 0 Å². The van der Waals surface area contributed by atoms with E-state index in [2.05, 4.69) is 11.8 Å². The van der Waals surface area contributed by atoms with Crippen molar-refractivity contribution in [1.82, 2.24) is 4.90 Å². The summed E-state index contributed by atoms with van der Waals surface area (Å²) in [6, 6.07) is 0. The van der Waals surface area contributed by atoms with E-state index in [1.165, 1.54) is 38.9 Å². The molecule has 4 saturated heterocycles. The average molecular weight is 253 g/mol. The fraction of sp³-hybridized carbons (Fsp3) is 0.929. The van der Waals surface area contributed by atoms with Gasteiger partial charge in [0.05, 0.1) is 0 Å². The van der Waals surface area contributed by atoms with Gasteiger partial charge in [0, 0.05) is 18.2 Å². The van der Waals surface area contributed by atoms with Gasteiger partial charge in [-0.1, -0.05) is 18.7 Å². The number of fused-ring (bicyclic) bond motifs is 3. The zero-order valence-electron chi connectivity index (χ0n) is 10.7. The van der Waals surface area contributed by atoms with Gasteiger partial charge in [-0.3, -0.25) is 4.79 Å². The van der Waals surface area contributed by atoms with E-state index in [0.717, 1.165) is 24.0 Å². The molecule has 3 atom stereocenters. The minimum Gasteiger partial charge on any atom is -0.303 e. The highest BCUT2D eigenvalue weighted by molar-refractivity contribution is 8.14. The minimum atomic E-state index is 0.371. The maximum atomic E-state index is 11.8. The van der Waals surface area contributed by atoms with Crippen molar-refractivity contribution >= 4 is 16.9 Å². The molecule has 0 saturated carbocycles. The molecule has 4 aliphatic heterocycles. The predicted molar refractivity (Wildman–Crippen MR) is 72.0 cm³/mol. The molecule has 2 bridgehead atoms. The second kappa shape index (κ2) is 4.93.